The Morgan fingerprint density at radius 3 is 2.69 bits per heavy atom. The topological polar surface area (TPSA) is 60.2 Å². The van der Waals surface area contributed by atoms with Gasteiger partial charge in [-0.05, 0) is 19.3 Å². The van der Waals surface area contributed by atoms with Gasteiger partial charge in [-0.1, -0.05) is 26.2 Å². The standard InChI is InChI=1S/C12H21NO3/c1-2-3-6-10(9-14)11-7-4-5-8-12(11)13(15)16/h9-12H,2-8H2,1H3/t10-,11+,12+/m1/s1. The summed E-state index contributed by atoms with van der Waals surface area (Å²) in [6.45, 7) is 2.08. The molecule has 0 unspecified atom stereocenters. The van der Waals surface area contributed by atoms with E-state index in [1.807, 2.05) is 0 Å². The average Bonchev–Trinajstić information content (AvgIpc) is 2.30. The van der Waals surface area contributed by atoms with Gasteiger partial charge in [-0.25, -0.2) is 0 Å². The molecule has 1 rings (SSSR count). The SMILES string of the molecule is CCCC[C@H](C=O)[C@@H]1CCCC[C@@H]1[N+](=O)[O-]. The van der Waals surface area contributed by atoms with Crippen LogP contribution in [0.5, 0.6) is 0 Å². The molecule has 1 aliphatic rings. The van der Waals surface area contributed by atoms with E-state index in [-0.39, 0.29) is 16.8 Å². The Hall–Kier alpha value is -0.930. The molecule has 0 aromatic heterocycles. The molecule has 4 nitrogen and oxygen atoms in total. The molecule has 16 heavy (non-hydrogen) atoms. The minimum atomic E-state index is -0.485. The summed E-state index contributed by atoms with van der Waals surface area (Å²) in [5.74, 6) is -0.122. The summed E-state index contributed by atoms with van der Waals surface area (Å²) in [6, 6.07) is -0.485. The van der Waals surface area contributed by atoms with Gasteiger partial charge in [0.25, 0.3) is 0 Å². The number of hydrogen-bond donors (Lipinski definition) is 0. The van der Waals surface area contributed by atoms with E-state index in [0.717, 1.165) is 44.8 Å². The second-order valence-corrected chi connectivity index (χ2v) is 4.74. The first-order valence-electron chi connectivity index (χ1n) is 6.29. The molecule has 0 aromatic rings. The molecule has 92 valence electrons. The third-order valence-corrected chi connectivity index (χ3v) is 3.67. The van der Waals surface area contributed by atoms with Crippen molar-refractivity contribution < 1.29 is 9.72 Å². The molecule has 1 saturated carbocycles. The van der Waals surface area contributed by atoms with Gasteiger partial charge in [-0.15, -0.1) is 0 Å². The van der Waals surface area contributed by atoms with Gasteiger partial charge in [-0.3, -0.25) is 10.1 Å². The number of carbonyl (C=O) groups excluding carboxylic acids is 1. The lowest BCUT2D eigenvalue weighted by Gasteiger charge is -2.29. The van der Waals surface area contributed by atoms with Crippen molar-refractivity contribution in [1.29, 1.82) is 0 Å². The predicted octanol–water partition coefficient (Wildman–Crippen LogP) is 2.83. The lowest BCUT2D eigenvalue weighted by molar-refractivity contribution is -0.537. The van der Waals surface area contributed by atoms with E-state index in [1.54, 1.807) is 0 Å². The van der Waals surface area contributed by atoms with Crippen molar-refractivity contribution in [1.82, 2.24) is 0 Å². The Balaban J connectivity index is 2.63. The van der Waals surface area contributed by atoms with Crippen LogP contribution in [0.25, 0.3) is 0 Å². The maximum absolute atomic E-state index is 11.1. The van der Waals surface area contributed by atoms with Crippen LogP contribution in [0.4, 0.5) is 0 Å². The molecule has 0 heterocycles. The van der Waals surface area contributed by atoms with Gasteiger partial charge in [0.15, 0.2) is 0 Å². The number of hydrogen-bond acceptors (Lipinski definition) is 3. The molecule has 1 aliphatic carbocycles. The quantitative estimate of drug-likeness (QED) is 0.398. The number of aldehydes is 1. The van der Waals surface area contributed by atoms with E-state index in [9.17, 15) is 14.9 Å². The van der Waals surface area contributed by atoms with Crippen LogP contribution >= 0.6 is 0 Å². The Morgan fingerprint density at radius 1 is 1.44 bits per heavy atom. The number of nitrogens with zero attached hydrogens (tertiary/aromatic N) is 1. The summed E-state index contributed by atoms with van der Waals surface area (Å²) in [5.41, 5.74) is 0. The maximum atomic E-state index is 11.1. The molecule has 3 atom stereocenters. The monoisotopic (exact) mass is 227 g/mol. The van der Waals surface area contributed by atoms with Crippen molar-refractivity contribution in [3.8, 4) is 0 Å². The van der Waals surface area contributed by atoms with E-state index >= 15 is 0 Å². The lowest BCUT2D eigenvalue weighted by atomic mass is 9.75. The van der Waals surface area contributed by atoms with Crippen LogP contribution in [0.15, 0.2) is 0 Å². The number of unbranched alkanes of at least 4 members (excludes halogenated alkanes) is 1. The van der Waals surface area contributed by atoms with Crippen molar-refractivity contribution in [2.24, 2.45) is 11.8 Å². The number of carbonyl (C=O) groups is 1. The molecule has 0 amide bonds. The number of nitro groups is 1. The molecule has 0 N–H and O–H groups in total. The molecule has 0 aliphatic heterocycles. The summed E-state index contributed by atoms with van der Waals surface area (Å²) in [5, 5.41) is 10.9. The zero-order chi connectivity index (χ0) is 12.0. The molecule has 1 fully saturated rings. The highest BCUT2D eigenvalue weighted by atomic mass is 16.6. The van der Waals surface area contributed by atoms with Crippen molar-refractivity contribution in [3.05, 3.63) is 10.1 Å². The largest absolute Gasteiger partial charge is 0.303 e. The molecule has 4 heteroatoms. The van der Waals surface area contributed by atoms with Gasteiger partial charge >= 0.3 is 0 Å². The summed E-state index contributed by atoms with van der Waals surface area (Å²) >= 11 is 0. The van der Waals surface area contributed by atoms with Gasteiger partial charge in [-0.2, -0.15) is 0 Å². The molecule has 0 spiro atoms. The molecule has 0 bridgehead atoms. The first-order chi connectivity index (χ1) is 7.70. The average molecular weight is 227 g/mol. The Morgan fingerprint density at radius 2 is 2.12 bits per heavy atom. The fourth-order valence-corrected chi connectivity index (χ4v) is 2.72. The van der Waals surface area contributed by atoms with Crippen molar-refractivity contribution >= 4 is 6.29 Å². The fraction of sp³-hybridized carbons (Fsp3) is 0.917. The van der Waals surface area contributed by atoms with Crippen LogP contribution in [0, 0.1) is 22.0 Å². The third kappa shape index (κ3) is 3.29. The minimum Gasteiger partial charge on any atom is -0.303 e. The highest BCUT2D eigenvalue weighted by Gasteiger charge is 2.38. The van der Waals surface area contributed by atoms with Crippen LogP contribution < -0.4 is 0 Å². The minimum absolute atomic E-state index is 0.0206. The van der Waals surface area contributed by atoms with Gasteiger partial charge in [0.2, 0.25) is 6.04 Å². The third-order valence-electron chi connectivity index (χ3n) is 3.67. The fourth-order valence-electron chi connectivity index (χ4n) is 2.72. The Kier molecular flexibility index (Phi) is 5.43. The summed E-state index contributed by atoms with van der Waals surface area (Å²) in [6.07, 6.45) is 7.25. The molecular weight excluding hydrogens is 206 g/mol. The first kappa shape index (κ1) is 13.1. The van der Waals surface area contributed by atoms with Crippen molar-refractivity contribution in [2.45, 2.75) is 57.9 Å². The first-order valence-corrected chi connectivity index (χ1v) is 6.29. The van der Waals surface area contributed by atoms with Crippen LogP contribution in [0.1, 0.15) is 51.9 Å². The smallest absolute Gasteiger partial charge is 0.216 e. The normalized spacial score (nSPS) is 27.3. The van der Waals surface area contributed by atoms with E-state index in [1.165, 1.54) is 0 Å². The zero-order valence-corrected chi connectivity index (χ0v) is 9.93. The second kappa shape index (κ2) is 6.61. The number of rotatable bonds is 6. The summed E-state index contributed by atoms with van der Waals surface area (Å²) < 4.78 is 0. The summed E-state index contributed by atoms with van der Waals surface area (Å²) in [4.78, 5) is 21.8. The molecule has 0 saturated heterocycles. The van der Waals surface area contributed by atoms with E-state index in [0.29, 0.717) is 6.42 Å². The highest BCUT2D eigenvalue weighted by Crippen LogP contribution is 2.33. The van der Waals surface area contributed by atoms with Gasteiger partial charge in [0, 0.05) is 23.2 Å². The van der Waals surface area contributed by atoms with Crippen molar-refractivity contribution in [2.75, 3.05) is 0 Å². The molecule has 0 radical (unpaired) electrons. The molecule has 0 aromatic carbocycles. The van der Waals surface area contributed by atoms with Crippen LogP contribution in [-0.2, 0) is 4.79 Å². The van der Waals surface area contributed by atoms with Gasteiger partial charge < -0.3 is 4.79 Å². The Bertz CT molecular complexity index is 242. The van der Waals surface area contributed by atoms with Gasteiger partial charge in [0.05, 0.1) is 0 Å². The van der Waals surface area contributed by atoms with E-state index in [4.69, 9.17) is 0 Å². The van der Waals surface area contributed by atoms with Crippen molar-refractivity contribution in [3.63, 3.8) is 0 Å². The maximum Gasteiger partial charge on any atom is 0.216 e. The van der Waals surface area contributed by atoms with Crippen LogP contribution in [0.2, 0.25) is 0 Å². The van der Waals surface area contributed by atoms with Gasteiger partial charge in [0.1, 0.15) is 6.29 Å². The molecular formula is C12H21NO3. The van der Waals surface area contributed by atoms with Crippen LogP contribution in [0.3, 0.4) is 0 Å². The second-order valence-electron chi connectivity index (χ2n) is 4.74. The van der Waals surface area contributed by atoms with E-state index in [2.05, 4.69) is 6.92 Å². The summed E-state index contributed by atoms with van der Waals surface area (Å²) in [7, 11) is 0. The zero-order valence-electron chi connectivity index (χ0n) is 9.93. The predicted molar refractivity (Wildman–Crippen MR) is 61.8 cm³/mol. The van der Waals surface area contributed by atoms with Crippen LogP contribution in [-0.4, -0.2) is 17.3 Å². The highest BCUT2D eigenvalue weighted by molar-refractivity contribution is 5.54. The Labute approximate surface area is 96.6 Å². The van der Waals surface area contributed by atoms with E-state index < -0.39 is 6.04 Å². The lowest BCUT2D eigenvalue weighted by Crippen LogP contribution is -2.37.